The second-order valence-corrected chi connectivity index (χ2v) is 8.16. The number of hydrogen-bond acceptors (Lipinski definition) is 6. The number of aryl methyl sites for hydroxylation is 3. The molecule has 146 valence electrons. The number of anilines is 1. The van der Waals surface area contributed by atoms with Crippen LogP contribution in [0, 0.1) is 20.8 Å². The van der Waals surface area contributed by atoms with Crippen molar-refractivity contribution in [2.45, 2.75) is 27.7 Å². The van der Waals surface area contributed by atoms with Crippen molar-refractivity contribution in [3.05, 3.63) is 60.5 Å². The average molecular weight is 417 g/mol. The van der Waals surface area contributed by atoms with Gasteiger partial charge in [0.25, 0.3) is 5.91 Å². The van der Waals surface area contributed by atoms with Crippen LogP contribution in [0.3, 0.4) is 0 Å². The summed E-state index contributed by atoms with van der Waals surface area (Å²) in [5.41, 5.74) is 4.67. The van der Waals surface area contributed by atoms with Gasteiger partial charge < -0.3 is 15.0 Å². The molecule has 8 heteroatoms. The van der Waals surface area contributed by atoms with Gasteiger partial charge in [0.05, 0.1) is 6.61 Å². The van der Waals surface area contributed by atoms with E-state index < -0.39 is 11.9 Å². The van der Waals surface area contributed by atoms with E-state index in [2.05, 4.69) is 10.3 Å². The average Bonchev–Trinajstić information content (AvgIpc) is 3.20. The molecule has 2 aromatic heterocycles. The number of nitrogens with one attached hydrogen (secondary N) is 2. The molecule has 6 nitrogen and oxygen atoms in total. The van der Waals surface area contributed by atoms with Gasteiger partial charge in [0.1, 0.15) is 15.4 Å². The maximum Gasteiger partial charge on any atom is 0.341 e. The highest BCUT2D eigenvalue weighted by molar-refractivity contribution is 7.15. The number of carbonyl (C=O) groups excluding carboxylic acids is 2. The molecule has 2 heterocycles. The quantitative estimate of drug-likeness (QED) is 0.599. The van der Waals surface area contributed by atoms with Crippen LogP contribution in [0.5, 0.6) is 0 Å². The van der Waals surface area contributed by atoms with E-state index in [-0.39, 0.29) is 11.5 Å². The number of hydrogen-bond donors (Lipinski definition) is 2. The van der Waals surface area contributed by atoms with Crippen LogP contribution < -0.4 is 10.2 Å². The molecule has 28 heavy (non-hydrogen) atoms. The molecule has 0 fully saturated rings. The highest BCUT2D eigenvalue weighted by Gasteiger charge is 2.24. The van der Waals surface area contributed by atoms with Gasteiger partial charge in [0.15, 0.2) is 0 Å². The Morgan fingerprint density at radius 2 is 1.93 bits per heavy atom. The molecule has 0 aliphatic rings. The summed E-state index contributed by atoms with van der Waals surface area (Å²) in [6.45, 7) is 7.66. The molecule has 0 atom stereocenters. The SMILES string of the molecule is CCOC(=O)c1c(-c2ccc(C)c(C)c2)csc1NC(=O)c1sc(=O)[nH]c1C. The largest absolute Gasteiger partial charge is 0.462 e. The number of thiazole rings is 1. The molecule has 3 rings (SSSR count). The van der Waals surface area contributed by atoms with Crippen LogP contribution in [0.25, 0.3) is 11.1 Å². The van der Waals surface area contributed by atoms with Gasteiger partial charge in [-0.1, -0.05) is 29.5 Å². The lowest BCUT2D eigenvalue weighted by atomic mass is 9.99. The van der Waals surface area contributed by atoms with E-state index in [1.54, 1.807) is 13.8 Å². The lowest BCUT2D eigenvalue weighted by Gasteiger charge is -2.09. The Labute approximate surface area is 170 Å². The van der Waals surface area contributed by atoms with Crippen LogP contribution in [-0.2, 0) is 4.74 Å². The number of thiophene rings is 1. The lowest BCUT2D eigenvalue weighted by molar-refractivity contribution is 0.0529. The number of aromatic amines is 1. The minimum atomic E-state index is -0.494. The summed E-state index contributed by atoms with van der Waals surface area (Å²) in [6, 6.07) is 5.95. The molecule has 0 radical (unpaired) electrons. The summed E-state index contributed by atoms with van der Waals surface area (Å²) >= 11 is 2.09. The Morgan fingerprint density at radius 3 is 2.54 bits per heavy atom. The number of amides is 1. The highest BCUT2D eigenvalue weighted by Crippen LogP contribution is 2.37. The topological polar surface area (TPSA) is 88.3 Å². The Morgan fingerprint density at radius 1 is 1.18 bits per heavy atom. The van der Waals surface area contributed by atoms with Crippen molar-refractivity contribution < 1.29 is 14.3 Å². The van der Waals surface area contributed by atoms with Gasteiger partial charge in [-0.2, -0.15) is 0 Å². The number of rotatable bonds is 5. The number of aromatic nitrogens is 1. The van der Waals surface area contributed by atoms with E-state index >= 15 is 0 Å². The Hall–Kier alpha value is -2.71. The number of ether oxygens (including phenoxy) is 1. The minimum absolute atomic E-state index is 0.229. The molecule has 0 spiro atoms. The maximum atomic E-state index is 12.6. The van der Waals surface area contributed by atoms with Gasteiger partial charge in [0.2, 0.25) is 0 Å². The van der Waals surface area contributed by atoms with Gasteiger partial charge in [-0.05, 0) is 44.4 Å². The zero-order chi connectivity index (χ0) is 20.4. The Balaban J connectivity index is 2.04. The first-order valence-corrected chi connectivity index (χ1v) is 10.4. The smallest absolute Gasteiger partial charge is 0.341 e. The van der Waals surface area contributed by atoms with Crippen molar-refractivity contribution in [3.63, 3.8) is 0 Å². The van der Waals surface area contributed by atoms with Crippen LogP contribution in [0.4, 0.5) is 5.00 Å². The van der Waals surface area contributed by atoms with Crippen LogP contribution >= 0.6 is 22.7 Å². The molecule has 0 saturated carbocycles. The second kappa shape index (κ2) is 8.12. The van der Waals surface area contributed by atoms with Gasteiger partial charge >= 0.3 is 10.8 Å². The summed E-state index contributed by atoms with van der Waals surface area (Å²) in [6.07, 6.45) is 0. The van der Waals surface area contributed by atoms with Crippen molar-refractivity contribution >= 4 is 39.6 Å². The fourth-order valence-electron chi connectivity index (χ4n) is 2.76. The standard InChI is InChI=1S/C20H20N2O4S2/c1-5-26-19(24)15-14(13-7-6-10(2)11(3)8-13)9-27-18(15)22-17(23)16-12(4)21-20(25)28-16/h6-9H,5H2,1-4H3,(H,21,25)(H,22,23). The third-order valence-corrected chi connectivity index (χ3v) is 6.23. The molecule has 2 N–H and O–H groups in total. The molecule has 0 saturated heterocycles. The summed E-state index contributed by atoms with van der Waals surface area (Å²) < 4.78 is 5.22. The van der Waals surface area contributed by atoms with E-state index in [4.69, 9.17) is 4.74 Å². The Bertz CT molecular complexity index is 1110. The summed E-state index contributed by atoms with van der Waals surface area (Å²) in [5, 5.41) is 5.00. The summed E-state index contributed by atoms with van der Waals surface area (Å²) in [5.74, 6) is -0.925. The van der Waals surface area contributed by atoms with Gasteiger partial charge in [-0.25, -0.2) is 4.79 Å². The second-order valence-electron chi connectivity index (χ2n) is 6.30. The van der Waals surface area contributed by atoms with Crippen molar-refractivity contribution in [2.24, 2.45) is 0 Å². The predicted molar refractivity (Wildman–Crippen MR) is 113 cm³/mol. The van der Waals surface area contributed by atoms with Crippen LogP contribution in [0.1, 0.15) is 43.8 Å². The monoisotopic (exact) mass is 416 g/mol. The van der Waals surface area contributed by atoms with Crippen molar-refractivity contribution in [2.75, 3.05) is 11.9 Å². The third-order valence-electron chi connectivity index (χ3n) is 4.35. The van der Waals surface area contributed by atoms with Crippen LogP contribution in [0.15, 0.2) is 28.4 Å². The molecule has 0 unspecified atom stereocenters. The van der Waals surface area contributed by atoms with Crippen molar-refractivity contribution in [1.82, 2.24) is 4.98 Å². The van der Waals surface area contributed by atoms with Crippen LogP contribution in [0.2, 0.25) is 0 Å². The first-order valence-electron chi connectivity index (χ1n) is 8.69. The van der Waals surface area contributed by atoms with E-state index in [1.807, 2.05) is 37.4 Å². The zero-order valence-electron chi connectivity index (χ0n) is 16.0. The summed E-state index contributed by atoms with van der Waals surface area (Å²) in [4.78, 5) is 39.3. The van der Waals surface area contributed by atoms with E-state index in [0.29, 0.717) is 26.7 Å². The van der Waals surface area contributed by atoms with Gasteiger partial charge in [-0.15, -0.1) is 11.3 Å². The zero-order valence-corrected chi connectivity index (χ0v) is 17.6. The van der Waals surface area contributed by atoms with Crippen molar-refractivity contribution in [1.29, 1.82) is 0 Å². The normalized spacial score (nSPS) is 10.7. The first kappa shape index (κ1) is 20.0. The maximum absolute atomic E-state index is 12.6. The molecule has 1 aromatic carbocycles. The molecule has 3 aromatic rings. The minimum Gasteiger partial charge on any atom is -0.462 e. The summed E-state index contributed by atoms with van der Waals surface area (Å²) in [7, 11) is 0. The van der Waals surface area contributed by atoms with E-state index in [9.17, 15) is 14.4 Å². The van der Waals surface area contributed by atoms with Crippen molar-refractivity contribution in [3.8, 4) is 11.1 Å². The lowest BCUT2D eigenvalue weighted by Crippen LogP contribution is -2.14. The fourth-order valence-corrected chi connectivity index (χ4v) is 4.45. The molecular formula is C20H20N2O4S2. The number of H-pyrrole nitrogens is 1. The highest BCUT2D eigenvalue weighted by atomic mass is 32.1. The van der Waals surface area contributed by atoms with Gasteiger partial charge in [0, 0.05) is 16.6 Å². The number of carbonyl (C=O) groups is 2. The molecule has 0 aliphatic heterocycles. The van der Waals surface area contributed by atoms with Crippen LogP contribution in [-0.4, -0.2) is 23.5 Å². The molecule has 0 aliphatic carbocycles. The fraction of sp³-hybridized carbons (Fsp3) is 0.250. The first-order chi connectivity index (χ1) is 13.3. The number of esters is 1. The predicted octanol–water partition coefficient (Wildman–Crippen LogP) is 4.52. The van der Waals surface area contributed by atoms with E-state index in [1.165, 1.54) is 11.3 Å². The number of benzene rings is 1. The molecule has 1 amide bonds. The van der Waals surface area contributed by atoms with Gasteiger partial charge in [-0.3, -0.25) is 9.59 Å². The Kier molecular flexibility index (Phi) is 5.81. The third kappa shape index (κ3) is 3.93. The van der Waals surface area contributed by atoms with E-state index in [0.717, 1.165) is 28.0 Å². The molecular weight excluding hydrogens is 396 g/mol. The molecule has 0 bridgehead atoms.